The average molecular weight is 870 g/mol. The number of hydrogen-bond acceptors (Lipinski definition) is 7. The number of benzene rings is 5. The highest BCUT2D eigenvalue weighted by Gasteiger charge is 2.51. The molecule has 0 radical (unpaired) electrons. The molecule has 3 amide bonds. The van der Waals surface area contributed by atoms with Crippen LogP contribution in [0.4, 0.5) is 15.3 Å². The van der Waals surface area contributed by atoms with Gasteiger partial charge < -0.3 is 34.2 Å². The second-order valence-electron chi connectivity index (χ2n) is 18.2. The van der Waals surface area contributed by atoms with E-state index < -0.39 is 50.1 Å². The standard InChI is InChI=1S/C52H63N3O7Si/c1-37-45(36-60-63(52(5,6)7,42-28-17-11-18-29-42)43-30-19-12-20-31-43)61-41(35-55(37)50(58)62-51(2,3)4)34-33-38-23-21-22-32-44(38)53-48(56)47(54-49(57)59-8)46(39-24-13-9-14-25-39)40-26-15-10-16-27-40/h9-32,37,41,45-47H,33-36H2,1-8H3,(H,53,56)(H,54,57)/t37-,41-,45-,47+/m1/s1. The largest absolute Gasteiger partial charge is 0.453 e. The van der Waals surface area contributed by atoms with Gasteiger partial charge in [-0.15, -0.1) is 0 Å². The molecule has 5 aromatic rings. The van der Waals surface area contributed by atoms with E-state index in [1.165, 1.54) is 7.11 Å². The highest BCUT2D eigenvalue weighted by Crippen LogP contribution is 2.38. The molecule has 0 spiro atoms. The zero-order chi connectivity index (χ0) is 45.2. The lowest BCUT2D eigenvalue weighted by molar-refractivity contribution is -0.127. The van der Waals surface area contributed by atoms with Gasteiger partial charge in [-0.2, -0.15) is 0 Å². The summed E-state index contributed by atoms with van der Waals surface area (Å²) < 4.78 is 25.3. The smallest absolute Gasteiger partial charge is 0.410 e. The number of amides is 3. The fourth-order valence-electron chi connectivity index (χ4n) is 8.63. The van der Waals surface area contributed by atoms with Gasteiger partial charge in [0.05, 0.1) is 32.4 Å². The van der Waals surface area contributed by atoms with Crippen LogP contribution < -0.4 is 21.0 Å². The summed E-state index contributed by atoms with van der Waals surface area (Å²) in [6.07, 6.45) is -0.898. The first-order chi connectivity index (χ1) is 30.1. The Kier molecular flexibility index (Phi) is 15.3. The molecule has 4 atom stereocenters. The van der Waals surface area contributed by atoms with Gasteiger partial charge in [0, 0.05) is 11.6 Å². The zero-order valence-corrected chi connectivity index (χ0v) is 38.9. The molecule has 0 unspecified atom stereocenters. The number of nitrogens with one attached hydrogen (secondary N) is 2. The van der Waals surface area contributed by atoms with E-state index in [1.54, 1.807) is 4.90 Å². The quantitative estimate of drug-likeness (QED) is 0.107. The van der Waals surface area contributed by atoms with Crippen LogP contribution in [0.1, 0.15) is 77.5 Å². The number of alkyl carbamates (subject to hydrolysis) is 1. The van der Waals surface area contributed by atoms with E-state index in [0.717, 1.165) is 27.1 Å². The second kappa shape index (κ2) is 20.6. The van der Waals surface area contributed by atoms with Crippen molar-refractivity contribution in [2.75, 3.05) is 25.6 Å². The van der Waals surface area contributed by atoms with Crippen molar-refractivity contribution in [2.24, 2.45) is 0 Å². The monoisotopic (exact) mass is 869 g/mol. The number of carbonyl (C=O) groups excluding carboxylic acids is 3. The Balaban J connectivity index is 1.27. The molecule has 0 saturated carbocycles. The van der Waals surface area contributed by atoms with Gasteiger partial charge in [0.25, 0.3) is 8.32 Å². The molecule has 0 aromatic heterocycles. The number of rotatable bonds is 14. The summed E-state index contributed by atoms with van der Waals surface area (Å²) >= 11 is 0. The summed E-state index contributed by atoms with van der Waals surface area (Å²) in [6, 6.07) is 46.5. The van der Waals surface area contributed by atoms with Crippen LogP contribution in [-0.2, 0) is 29.9 Å². The topological polar surface area (TPSA) is 115 Å². The second-order valence-corrected chi connectivity index (χ2v) is 22.5. The SMILES string of the molecule is COC(=O)N[C@H](C(=O)Nc1ccccc1CC[C@@H]1CN(C(=O)OC(C)(C)C)[C@H](C)[C@@H](CO[Si](c2ccccc2)(c2ccccc2)C(C)(C)C)O1)C(c1ccccc1)c1ccccc1. The average Bonchev–Trinajstić information content (AvgIpc) is 3.27. The molecule has 332 valence electrons. The number of hydrogen-bond donors (Lipinski definition) is 2. The Morgan fingerprint density at radius 2 is 1.25 bits per heavy atom. The van der Waals surface area contributed by atoms with E-state index >= 15 is 0 Å². The molecule has 1 aliphatic heterocycles. The molecule has 1 aliphatic rings. The maximum atomic E-state index is 14.5. The molecule has 1 saturated heterocycles. The lowest BCUT2D eigenvalue weighted by Gasteiger charge is -2.47. The van der Waals surface area contributed by atoms with E-state index in [4.69, 9.17) is 18.6 Å². The molecule has 1 heterocycles. The van der Waals surface area contributed by atoms with Crippen molar-refractivity contribution in [3.63, 3.8) is 0 Å². The Bertz CT molecular complexity index is 2170. The van der Waals surface area contributed by atoms with Crippen LogP contribution in [0.15, 0.2) is 146 Å². The lowest BCUT2D eigenvalue weighted by atomic mass is 9.84. The first-order valence-corrected chi connectivity index (χ1v) is 23.8. The molecule has 1 fully saturated rings. The van der Waals surface area contributed by atoms with Crippen LogP contribution in [-0.4, -0.2) is 81.5 Å². The molecule has 0 bridgehead atoms. The molecular formula is C52H63N3O7Si. The number of aryl methyl sites for hydroxylation is 1. The first-order valence-electron chi connectivity index (χ1n) is 21.8. The van der Waals surface area contributed by atoms with Crippen molar-refractivity contribution in [2.45, 2.75) is 102 Å². The van der Waals surface area contributed by atoms with Gasteiger partial charge in [0.1, 0.15) is 17.7 Å². The van der Waals surface area contributed by atoms with Gasteiger partial charge >= 0.3 is 12.2 Å². The van der Waals surface area contributed by atoms with E-state index in [2.05, 4.69) is 79.9 Å². The Morgan fingerprint density at radius 3 is 1.76 bits per heavy atom. The summed E-state index contributed by atoms with van der Waals surface area (Å²) in [4.78, 5) is 43.0. The van der Waals surface area contributed by atoms with Gasteiger partial charge in [0.2, 0.25) is 5.91 Å². The summed E-state index contributed by atoms with van der Waals surface area (Å²) in [5, 5.41) is 8.05. The van der Waals surface area contributed by atoms with Crippen molar-refractivity contribution in [3.05, 3.63) is 162 Å². The van der Waals surface area contributed by atoms with Crippen LogP contribution in [0.2, 0.25) is 5.04 Å². The third-order valence-electron chi connectivity index (χ3n) is 11.7. The fourth-order valence-corrected chi connectivity index (χ4v) is 13.2. The molecule has 5 aromatic carbocycles. The number of nitrogens with zero attached hydrogens (tertiary/aromatic N) is 1. The minimum atomic E-state index is -2.93. The van der Waals surface area contributed by atoms with Gasteiger partial charge in [-0.1, -0.05) is 160 Å². The molecule has 2 N–H and O–H groups in total. The number of methoxy groups -OCH3 is 1. The highest BCUT2D eigenvalue weighted by molar-refractivity contribution is 6.99. The molecule has 6 rings (SSSR count). The minimum absolute atomic E-state index is 0.250. The zero-order valence-electron chi connectivity index (χ0n) is 37.9. The normalized spacial score (nSPS) is 17.4. The van der Waals surface area contributed by atoms with E-state index in [0.29, 0.717) is 25.1 Å². The van der Waals surface area contributed by atoms with Crippen LogP contribution in [0, 0.1) is 0 Å². The molecule has 0 aliphatic carbocycles. The van der Waals surface area contributed by atoms with Crippen molar-refractivity contribution < 1.29 is 33.0 Å². The van der Waals surface area contributed by atoms with E-state index in [1.807, 2.05) is 125 Å². The molecular weight excluding hydrogens is 807 g/mol. The first kappa shape index (κ1) is 46.7. The number of morpholine rings is 1. The lowest BCUT2D eigenvalue weighted by Crippen LogP contribution is -2.68. The maximum absolute atomic E-state index is 14.5. The summed E-state index contributed by atoms with van der Waals surface area (Å²) in [7, 11) is -1.65. The van der Waals surface area contributed by atoms with Gasteiger partial charge in [-0.3, -0.25) is 4.79 Å². The Hall–Kier alpha value is -5.75. The van der Waals surface area contributed by atoms with Crippen LogP contribution in [0.25, 0.3) is 0 Å². The Labute approximate surface area is 374 Å². The molecule has 11 heteroatoms. The van der Waals surface area contributed by atoms with Crippen LogP contribution in [0.3, 0.4) is 0 Å². The number of para-hydroxylation sites is 1. The van der Waals surface area contributed by atoms with Crippen LogP contribution >= 0.6 is 0 Å². The van der Waals surface area contributed by atoms with Crippen molar-refractivity contribution >= 4 is 42.5 Å². The summed E-state index contributed by atoms with van der Waals surface area (Å²) in [5.74, 6) is -0.914. The van der Waals surface area contributed by atoms with Crippen molar-refractivity contribution in [3.8, 4) is 0 Å². The highest BCUT2D eigenvalue weighted by atomic mass is 28.4. The fraction of sp³-hybridized carbons (Fsp3) is 0.365. The van der Waals surface area contributed by atoms with Gasteiger partial charge in [-0.05, 0) is 78.7 Å². The third kappa shape index (κ3) is 11.4. The van der Waals surface area contributed by atoms with Gasteiger partial charge in [0.15, 0.2) is 0 Å². The molecule has 10 nitrogen and oxygen atoms in total. The van der Waals surface area contributed by atoms with Crippen molar-refractivity contribution in [1.82, 2.24) is 10.2 Å². The third-order valence-corrected chi connectivity index (χ3v) is 16.7. The minimum Gasteiger partial charge on any atom is -0.453 e. The number of anilines is 1. The number of carbonyl (C=O) groups is 3. The number of ether oxygens (including phenoxy) is 3. The van der Waals surface area contributed by atoms with Crippen LogP contribution in [0.5, 0.6) is 0 Å². The predicted octanol–water partition coefficient (Wildman–Crippen LogP) is 9.08. The Morgan fingerprint density at radius 1 is 0.746 bits per heavy atom. The van der Waals surface area contributed by atoms with E-state index in [-0.39, 0.29) is 23.8 Å². The summed E-state index contributed by atoms with van der Waals surface area (Å²) in [6.45, 7) is 14.9. The van der Waals surface area contributed by atoms with E-state index in [9.17, 15) is 14.4 Å². The predicted molar refractivity (Wildman–Crippen MR) is 252 cm³/mol. The van der Waals surface area contributed by atoms with Gasteiger partial charge in [-0.25, -0.2) is 9.59 Å². The van der Waals surface area contributed by atoms with Crippen molar-refractivity contribution in [1.29, 1.82) is 0 Å². The maximum Gasteiger partial charge on any atom is 0.410 e. The summed E-state index contributed by atoms with van der Waals surface area (Å²) in [5.41, 5.74) is 2.52. The molecule has 63 heavy (non-hydrogen) atoms.